The average Bonchev–Trinajstić information content (AvgIpc) is 3.21. The summed E-state index contributed by atoms with van der Waals surface area (Å²) in [6.45, 7) is 14.3. The lowest BCUT2D eigenvalue weighted by molar-refractivity contribution is -0.120. The molecule has 2 fully saturated rings. The summed E-state index contributed by atoms with van der Waals surface area (Å²) >= 11 is 5.67. The Morgan fingerprint density at radius 2 is 1.94 bits per heavy atom. The summed E-state index contributed by atoms with van der Waals surface area (Å²) < 4.78 is 20.8. The van der Waals surface area contributed by atoms with E-state index >= 15 is 0 Å². The molecule has 2 saturated heterocycles. The maximum Gasteiger partial charge on any atom is 0.259 e. The number of likely N-dealkylation sites (N-methyl/N-ethyl adjacent to an activating group) is 1. The van der Waals surface area contributed by atoms with E-state index in [1.807, 2.05) is 14.0 Å². The van der Waals surface area contributed by atoms with Crippen molar-refractivity contribution < 1.29 is 13.9 Å². The summed E-state index contributed by atoms with van der Waals surface area (Å²) in [5.41, 5.74) is 1.35. The van der Waals surface area contributed by atoms with Crippen LogP contribution in [0.25, 0.3) is 4.85 Å². The van der Waals surface area contributed by atoms with Gasteiger partial charge in [-0.15, -0.1) is 0 Å². The molecule has 2 aliphatic heterocycles. The molecule has 32 heavy (non-hydrogen) atoms. The van der Waals surface area contributed by atoms with Crippen molar-refractivity contribution in [2.24, 2.45) is 0 Å². The smallest absolute Gasteiger partial charge is 0.259 e. The first kappa shape index (κ1) is 22.2. The Hall–Kier alpha value is -3.02. The number of thiocarbonyl (C=S) groups is 1. The lowest BCUT2D eigenvalue weighted by Crippen LogP contribution is -2.44. The van der Waals surface area contributed by atoms with Crippen LogP contribution in [-0.2, 0) is 4.79 Å². The number of amides is 1. The highest BCUT2D eigenvalue weighted by molar-refractivity contribution is 7.81. The van der Waals surface area contributed by atoms with Crippen molar-refractivity contribution in [1.29, 1.82) is 0 Å². The summed E-state index contributed by atoms with van der Waals surface area (Å²) in [7, 11) is 2.01. The van der Waals surface area contributed by atoms with E-state index in [1.165, 1.54) is 11.0 Å². The fourth-order valence-electron chi connectivity index (χ4n) is 4.26. The Morgan fingerprint density at radius 3 is 2.53 bits per heavy atom. The van der Waals surface area contributed by atoms with Gasteiger partial charge in [0.25, 0.3) is 5.91 Å². The zero-order valence-electron chi connectivity index (χ0n) is 18.6. The van der Waals surface area contributed by atoms with Crippen molar-refractivity contribution >= 4 is 40.3 Å². The molecule has 6 nitrogen and oxygen atoms in total. The van der Waals surface area contributed by atoms with Crippen LogP contribution < -0.4 is 14.5 Å². The van der Waals surface area contributed by atoms with Gasteiger partial charge in [0.1, 0.15) is 11.6 Å². The number of likely N-dealkylation sites (tertiary alicyclic amines) is 1. The predicted octanol–water partition coefficient (Wildman–Crippen LogP) is 4.68. The summed E-state index contributed by atoms with van der Waals surface area (Å²) in [5, 5.41) is 0.264. The first-order chi connectivity index (χ1) is 15.1. The molecule has 0 radical (unpaired) electrons. The number of hydrogen-bond acceptors (Lipinski definition) is 4. The summed E-state index contributed by atoms with van der Waals surface area (Å²) in [4.78, 5) is 22.1. The zero-order chi connectivity index (χ0) is 23.2. The van der Waals surface area contributed by atoms with Crippen LogP contribution in [0, 0.1) is 19.3 Å². The first-order valence-corrected chi connectivity index (χ1v) is 10.9. The Kier molecular flexibility index (Phi) is 5.65. The molecule has 0 unspecified atom stereocenters. The predicted molar refractivity (Wildman–Crippen MR) is 127 cm³/mol. The Labute approximate surface area is 193 Å². The van der Waals surface area contributed by atoms with Gasteiger partial charge in [0.2, 0.25) is 0 Å². The van der Waals surface area contributed by atoms with E-state index < -0.39 is 11.4 Å². The highest BCUT2D eigenvalue weighted by Crippen LogP contribution is 2.38. The van der Waals surface area contributed by atoms with Gasteiger partial charge < -0.3 is 14.5 Å². The van der Waals surface area contributed by atoms with E-state index in [9.17, 15) is 9.18 Å². The standard InChI is InChI=1S/C24H25FN4O2S/c1-15-12-16(6-8-20(15)26-4)28-22(30)24(2,3)29(23(28)32)17-7-9-21(19(25)13-17)31-18-10-11-27(5)14-18/h6-9,12-13,18H,10-11,14H2,1-3,5H3/t18-/m0/s1. The van der Waals surface area contributed by atoms with E-state index in [2.05, 4.69) is 9.74 Å². The SMILES string of the molecule is [C-]#[N+]c1ccc(N2C(=O)C(C)(C)N(c3ccc(O[C@H]4CCN(C)C4)c(F)c3)C2=S)cc1C. The van der Waals surface area contributed by atoms with Gasteiger partial charge in [-0.05, 0) is 76.3 Å². The van der Waals surface area contributed by atoms with Crippen LogP contribution in [0.2, 0.25) is 0 Å². The summed E-state index contributed by atoms with van der Waals surface area (Å²) in [6.07, 6.45) is 0.819. The van der Waals surface area contributed by atoms with Gasteiger partial charge in [0.15, 0.2) is 22.4 Å². The van der Waals surface area contributed by atoms with Gasteiger partial charge in [-0.25, -0.2) is 9.24 Å². The average molecular weight is 453 g/mol. The molecule has 2 aromatic carbocycles. The second kappa shape index (κ2) is 8.15. The molecule has 0 spiro atoms. The van der Waals surface area contributed by atoms with Crippen molar-refractivity contribution in [3.63, 3.8) is 0 Å². The van der Waals surface area contributed by atoms with Gasteiger partial charge in [0, 0.05) is 30.5 Å². The Morgan fingerprint density at radius 1 is 1.22 bits per heavy atom. The van der Waals surface area contributed by atoms with Crippen LogP contribution in [0.4, 0.5) is 21.5 Å². The first-order valence-electron chi connectivity index (χ1n) is 10.4. The number of carbonyl (C=O) groups is 1. The molecule has 2 heterocycles. The van der Waals surface area contributed by atoms with E-state index in [0.29, 0.717) is 17.1 Å². The third-order valence-electron chi connectivity index (χ3n) is 6.04. The third-order valence-corrected chi connectivity index (χ3v) is 6.41. The molecule has 0 N–H and O–H groups in total. The molecule has 166 valence electrons. The van der Waals surface area contributed by atoms with E-state index in [1.54, 1.807) is 49.1 Å². The number of aryl methyl sites for hydroxylation is 1. The topological polar surface area (TPSA) is 40.4 Å². The minimum atomic E-state index is -1.01. The monoisotopic (exact) mass is 452 g/mol. The highest BCUT2D eigenvalue weighted by atomic mass is 32.1. The van der Waals surface area contributed by atoms with Crippen molar-refractivity contribution in [3.8, 4) is 5.75 Å². The lowest BCUT2D eigenvalue weighted by atomic mass is 10.0. The number of halogens is 1. The number of ether oxygens (including phenoxy) is 1. The van der Waals surface area contributed by atoms with Crippen molar-refractivity contribution in [3.05, 3.63) is 59.2 Å². The van der Waals surface area contributed by atoms with E-state index in [-0.39, 0.29) is 22.9 Å². The fourth-order valence-corrected chi connectivity index (χ4v) is 4.78. The van der Waals surface area contributed by atoms with Crippen LogP contribution in [-0.4, -0.2) is 47.7 Å². The molecule has 0 aliphatic carbocycles. The molecule has 1 atom stereocenters. The number of anilines is 2. The Bertz CT molecular complexity index is 1140. The number of nitrogens with zero attached hydrogens (tertiary/aromatic N) is 4. The molecule has 0 saturated carbocycles. The number of hydrogen-bond donors (Lipinski definition) is 0. The minimum absolute atomic E-state index is 0.0385. The fraction of sp³-hybridized carbons (Fsp3) is 0.375. The summed E-state index contributed by atoms with van der Waals surface area (Å²) in [6, 6.07) is 9.86. The van der Waals surface area contributed by atoms with Crippen LogP contribution >= 0.6 is 12.2 Å². The maximum absolute atomic E-state index is 15.0. The van der Waals surface area contributed by atoms with Crippen molar-refractivity contribution in [1.82, 2.24) is 4.90 Å². The second-order valence-corrected chi connectivity index (χ2v) is 9.17. The normalized spacial score (nSPS) is 20.7. The molecule has 2 aromatic rings. The molecule has 0 aromatic heterocycles. The quantitative estimate of drug-likeness (QED) is 0.498. The molecule has 2 aliphatic rings. The van der Waals surface area contributed by atoms with Crippen molar-refractivity contribution in [2.45, 2.75) is 38.8 Å². The van der Waals surface area contributed by atoms with Crippen LogP contribution in [0.15, 0.2) is 36.4 Å². The summed E-state index contributed by atoms with van der Waals surface area (Å²) in [5.74, 6) is -0.503. The lowest BCUT2D eigenvalue weighted by Gasteiger charge is -2.29. The van der Waals surface area contributed by atoms with Gasteiger partial charge >= 0.3 is 0 Å². The van der Waals surface area contributed by atoms with Gasteiger partial charge in [-0.2, -0.15) is 0 Å². The number of carbonyl (C=O) groups excluding carboxylic acids is 1. The third kappa shape index (κ3) is 3.72. The highest BCUT2D eigenvalue weighted by Gasteiger charge is 2.50. The molecular formula is C24H25FN4O2S. The van der Waals surface area contributed by atoms with E-state index in [4.69, 9.17) is 23.5 Å². The molecule has 8 heteroatoms. The second-order valence-electron chi connectivity index (χ2n) is 8.81. The number of benzene rings is 2. The molecule has 4 rings (SSSR count). The molecule has 1 amide bonds. The van der Waals surface area contributed by atoms with Crippen LogP contribution in [0.1, 0.15) is 25.8 Å². The van der Waals surface area contributed by atoms with Gasteiger partial charge in [-0.1, -0.05) is 6.07 Å². The van der Waals surface area contributed by atoms with E-state index in [0.717, 1.165) is 25.1 Å². The zero-order valence-corrected chi connectivity index (χ0v) is 19.4. The van der Waals surface area contributed by atoms with Gasteiger partial charge in [0.05, 0.1) is 6.57 Å². The van der Waals surface area contributed by atoms with Crippen LogP contribution in [0.5, 0.6) is 5.75 Å². The minimum Gasteiger partial charge on any atom is -0.486 e. The van der Waals surface area contributed by atoms with Gasteiger partial charge in [-0.3, -0.25) is 9.69 Å². The number of rotatable bonds is 4. The Balaban J connectivity index is 1.64. The maximum atomic E-state index is 15.0. The molecular weight excluding hydrogens is 427 g/mol. The van der Waals surface area contributed by atoms with Crippen LogP contribution in [0.3, 0.4) is 0 Å². The van der Waals surface area contributed by atoms with Crippen molar-refractivity contribution in [2.75, 3.05) is 29.9 Å². The largest absolute Gasteiger partial charge is 0.486 e. The molecule has 0 bridgehead atoms.